The fourth-order valence-corrected chi connectivity index (χ4v) is 2.48. The molecular weight excluding hydrogens is 248 g/mol. The van der Waals surface area contributed by atoms with Crippen molar-refractivity contribution in [2.45, 2.75) is 31.7 Å². The van der Waals surface area contributed by atoms with Crippen LogP contribution in [-0.2, 0) is 9.53 Å². The molecule has 0 aromatic rings. The Morgan fingerprint density at radius 1 is 1.42 bits per heavy atom. The normalized spacial score (nSPS) is 22.6. The van der Waals surface area contributed by atoms with Crippen LogP contribution >= 0.6 is 0 Å². The van der Waals surface area contributed by atoms with Crippen LogP contribution in [0.4, 0.5) is 4.79 Å². The van der Waals surface area contributed by atoms with Crippen LogP contribution in [0.25, 0.3) is 0 Å². The minimum atomic E-state index is -1.18. The first-order valence-electron chi connectivity index (χ1n) is 6.57. The Hall–Kier alpha value is -1.56. The Balaban J connectivity index is 2.03. The Morgan fingerprint density at radius 3 is 2.68 bits per heavy atom. The van der Waals surface area contributed by atoms with Gasteiger partial charge in [0.2, 0.25) is 0 Å². The number of ether oxygens (including phenoxy) is 1. The molecule has 6 heteroatoms. The van der Waals surface area contributed by atoms with E-state index in [4.69, 9.17) is 4.74 Å². The first-order valence-corrected chi connectivity index (χ1v) is 6.57. The quantitative estimate of drug-likeness (QED) is 0.732. The zero-order valence-electron chi connectivity index (χ0n) is 11.1. The van der Waals surface area contributed by atoms with Gasteiger partial charge in [-0.1, -0.05) is 11.6 Å². The number of hydrogen-bond acceptors (Lipinski definition) is 3. The van der Waals surface area contributed by atoms with E-state index in [0.717, 1.165) is 12.0 Å². The van der Waals surface area contributed by atoms with Gasteiger partial charge in [-0.15, -0.1) is 0 Å². The minimum Gasteiger partial charge on any atom is -0.480 e. The summed E-state index contributed by atoms with van der Waals surface area (Å²) < 4.78 is 5.18. The van der Waals surface area contributed by atoms with Gasteiger partial charge in [0.05, 0.1) is 0 Å². The first kappa shape index (κ1) is 13.9. The molecule has 19 heavy (non-hydrogen) atoms. The Kier molecular flexibility index (Phi) is 4.09. The summed E-state index contributed by atoms with van der Waals surface area (Å²) in [7, 11) is 0. The van der Waals surface area contributed by atoms with E-state index in [0.29, 0.717) is 39.1 Å². The molecule has 2 N–H and O–H groups in total. The van der Waals surface area contributed by atoms with Gasteiger partial charge in [0.1, 0.15) is 5.54 Å². The fourth-order valence-electron chi connectivity index (χ4n) is 2.48. The molecule has 2 amide bonds. The molecule has 0 aliphatic carbocycles. The number of aliphatic carboxylic acids is 1. The van der Waals surface area contributed by atoms with Gasteiger partial charge in [-0.25, -0.2) is 9.59 Å². The Morgan fingerprint density at radius 2 is 2.11 bits per heavy atom. The Bertz CT molecular complexity index is 399. The summed E-state index contributed by atoms with van der Waals surface area (Å²) in [6.45, 7) is 3.91. The highest BCUT2D eigenvalue weighted by Crippen LogP contribution is 2.22. The molecule has 106 valence electrons. The van der Waals surface area contributed by atoms with Crippen LogP contribution in [0.5, 0.6) is 0 Å². The summed E-state index contributed by atoms with van der Waals surface area (Å²) in [5.41, 5.74) is -0.0394. The highest BCUT2D eigenvalue weighted by Gasteiger charge is 2.42. The number of amides is 2. The molecule has 1 fully saturated rings. The first-order chi connectivity index (χ1) is 9.03. The topological polar surface area (TPSA) is 78.9 Å². The van der Waals surface area contributed by atoms with E-state index >= 15 is 0 Å². The van der Waals surface area contributed by atoms with Gasteiger partial charge < -0.3 is 20.1 Å². The Labute approximate surface area is 112 Å². The smallest absolute Gasteiger partial charge is 0.329 e. The zero-order valence-corrected chi connectivity index (χ0v) is 11.1. The maximum absolute atomic E-state index is 12.2. The molecule has 2 aliphatic heterocycles. The van der Waals surface area contributed by atoms with E-state index in [-0.39, 0.29) is 6.03 Å². The lowest BCUT2D eigenvalue weighted by Crippen LogP contribution is -2.60. The van der Waals surface area contributed by atoms with Crippen molar-refractivity contribution in [1.82, 2.24) is 10.2 Å². The molecule has 0 aromatic heterocycles. The van der Waals surface area contributed by atoms with Crippen LogP contribution in [-0.4, -0.2) is 53.8 Å². The highest BCUT2D eigenvalue weighted by atomic mass is 16.5. The molecule has 0 atom stereocenters. The summed E-state index contributed by atoms with van der Waals surface area (Å²) in [6, 6.07) is -0.295. The van der Waals surface area contributed by atoms with Gasteiger partial charge in [0.15, 0.2) is 0 Å². The van der Waals surface area contributed by atoms with E-state index in [2.05, 4.69) is 11.4 Å². The number of rotatable bonds is 2. The summed E-state index contributed by atoms with van der Waals surface area (Å²) in [6.07, 6.45) is 3.56. The molecule has 2 aliphatic rings. The second-order valence-corrected chi connectivity index (χ2v) is 5.19. The fraction of sp³-hybridized carbons (Fsp3) is 0.692. The van der Waals surface area contributed by atoms with Gasteiger partial charge in [0.25, 0.3) is 0 Å². The number of carboxylic acid groups (broad SMARTS) is 1. The van der Waals surface area contributed by atoms with Gasteiger partial charge in [-0.3, -0.25) is 0 Å². The van der Waals surface area contributed by atoms with Crippen LogP contribution in [0.1, 0.15) is 26.2 Å². The predicted octanol–water partition coefficient (Wildman–Crippen LogP) is 0.982. The molecule has 1 saturated heterocycles. The third-order valence-corrected chi connectivity index (χ3v) is 3.72. The molecule has 0 aromatic carbocycles. The van der Waals surface area contributed by atoms with Crippen molar-refractivity contribution in [3.63, 3.8) is 0 Å². The lowest BCUT2D eigenvalue weighted by atomic mass is 9.90. The van der Waals surface area contributed by atoms with E-state index in [1.54, 1.807) is 4.90 Å². The van der Waals surface area contributed by atoms with Crippen molar-refractivity contribution in [2.75, 3.05) is 26.3 Å². The second kappa shape index (κ2) is 5.61. The zero-order chi connectivity index (χ0) is 13.9. The molecule has 0 saturated carbocycles. The molecule has 2 heterocycles. The van der Waals surface area contributed by atoms with E-state index < -0.39 is 11.5 Å². The van der Waals surface area contributed by atoms with Crippen molar-refractivity contribution in [1.29, 1.82) is 0 Å². The van der Waals surface area contributed by atoms with Crippen LogP contribution in [0, 0.1) is 0 Å². The standard InChI is InChI=1S/C13H20N2O4/c1-10-3-2-6-15(9-10)12(18)14-13(11(16)17)4-7-19-8-5-13/h3H,2,4-9H2,1H3,(H,14,18)(H,16,17). The van der Waals surface area contributed by atoms with Crippen molar-refractivity contribution >= 4 is 12.0 Å². The molecule has 2 rings (SSSR count). The van der Waals surface area contributed by atoms with Gasteiger partial charge in [0, 0.05) is 39.1 Å². The molecule has 0 radical (unpaired) electrons. The van der Waals surface area contributed by atoms with Crippen molar-refractivity contribution in [3.8, 4) is 0 Å². The minimum absolute atomic E-state index is 0.295. The molecule has 0 spiro atoms. The van der Waals surface area contributed by atoms with Gasteiger partial charge in [-0.2, -0.15) is 0 Å². The van der Waals surface area contributed by atoms with E-state index in [1.807, 2.05) is 6.92 Å². The second-order valence-electron chi connectivity index (χ2n) is 5.19. The summed E-state index contributed by atoms with van der Waals surface area (Å²) in [5, 5.41) is 12.1. The largest absolute Gasteiger partial charge is 0.480 e. The summed E-state index contributed by atoms with van der Waals surface area (Å²) >= 11 is 0. The van der Waals surface area contributed by atoms with Gasteiger partial charge >= 0.3 is 12.0 Å². The SMILES string of the molecule is CC1=CCCN(C(=O)NC2(C(=O)O)CCOCC2)C1. The lowest BCUT2D eigenvalue weighted by Gasteiger charge is -2.36. The predicted molar refractivity (Wildman–Crippen MR) is 68.9 cm³/mol. The third-order valence-electron chi connectivity index (χ3n) is 3.72. The number of carbonyl (C=O) groups excluding carboxylic acids is 1. The third kappa shape index (κ3) is 3.07. The summed E-state index contributed by atoms with van der Waals surface area (Å²) in [4.78, 5) is 25.3. The monoisotopic (exact) mass is 268 g/mol. The molecular formula is C13H20N2O4. The van der Waals surface area contributed by atoms with Crippen molar-refractivity contribution < 1.29 is 19.4 Å². The maximum Gasteiger partial charge on any atom is 0.329 e. The van der Waals surface area contributed by atoms with Crippen LogP contribution in [0.2, 0.25) is 0 Å². The number of carbonyl (C=O) groups is 2. The average molecular weight is 268 g/mol. The van der Waals surface area contributed by atoms with Crippen LogP contribution in [0.15, 0.2) is 11.6 Å². The maximum atomic E-state index is 12.2. The van der Waals surface area contributed by atoms with E-state index in [9.17, 15) is 14.7 Å². The number of urea groups is 1. The van der Waals surface area contributed by atoms with E-state index in [1.165, 1.54) is 0 Å². The number of nitrogens with one attached hydrogen (secondary N) is 1. The lowest BCUT2D eigenvalue weighted by molar-refractivity contribution is -0.148. The molecule has 0 bridgehead atoms. The highest BCUT2D eigenvalue weighted by molar-refractivity contribution is 5.86. The molecule has 0 unspecified atom stereocenters. The van der Waals surface area contributed by atoms with Crippen molar-refractivity contribution in [2.24, 2.45) is 0 Å². The number of nitrogens with zero attached hydrogens (tertiary/aromatic N) is 1. The summed E-state index contributed by atoms with van der Waals surface area (Å²) in [5.74, 6) is -0.978. The molecule has 6 nitrogen and oxygen atoms in total. The average Bonchev–Trinajstić information content (AvgIpc) is 2.39. The van der Waals surface area contributed by atoms with Gasteiger partial charge in [-0.05, 0) is 13.3 Å². The number of hydrogen-bond donors (Lipinski definition) is 2. The number of carboxylic acids is 1. The van der Waals surface area contributed by atoms with Crippen LogP contribution < -0.4 is 5.32 Å². The van der Waals surface area contributed by atoms with Crippen molar-refractivity contribution in [3.05, 3.63) is 11.6 Å². The van der Waals surface area contributed by atoms with Crippen LogP contribution in [0.3, 0.4) is 0 Å².